The predicted molar refractivity (Wildman–Crippen MR) is 99.3 cm³/mol. The second-order valence-electron chi connectivity index (χ2n) is 7.45. The lowest BCUT2D eigenvalue weighted by Gasteiger charge is -2.34. The van der Waals surface area contributed by atoms with Gasteiger partial charge in [0.25, 0.3) is 0 Å². The van der Waals surface area contributed by atoms with Gasteiger partial charge in [-0.05, 0) is 18.4 Å². The van der Waals surface area contributed by atoms with Crippen LogP contribution >= 0.6 is 0 Å². The van der Waals surface area contributed by atoms with Crippen molar-refractivity contribution in [2.24, 2.45) is 5.92 Å². The van der Waals surface area contributed by atoms with E-state index in [-0.39, 0.29) is 30.1 Å². The molecule has 3 fully saturated rings. The molecule has 7 heteroatoms. The number of hydrogen-bond donors (Lipinski definition) is 1. The van der Waals surface area contributed by atoms with E-state index in [1.54, 1.807) is 4.90 Å². The van der Waals surface area contributed by atoms with Crippen LogP contribution in [0.1, 0.15) is 12.0 Å². The Balaban J connectivity index is 1.28. The lowest BCUT2D eigenvalue weighted by Crippen LogP contribution is -2.52. The van der Waals surface area contributed by atoms with Crippen LogP contribution in [0.25, 0.3) is 0 Å². The molecule has 3 saturated heterocycles. The summed E-state index contributed by atoms with van der Waals surface area (Å²) in [6, 6.07) is 10.0. The van der Waals surface area contributed by atoms with Crippen molar-refractivity contribution >= 4 is 11.9 Å². The number of hydrogen-bond acceptors (Lipinski definition) is 4. The molecule has 3 aliphatic heterocycles. The van der Waals surface area contributed by atoms with Crippen molar-refractivity contribution in [1.82, 2.24) is 15.1 Å². The molecule has 4 rings (SSSR count). The molecular formula is C20H27N3O4. The van der Waals surface area contributed by atoms with E-state index < -0.39 is 0 Å². The van der Waals surface area contributed by atoms with Gasteiger partial charge in [0.2, 0.25) is 5.91 Å². The summed E-state index contributed by atoms with van der Waals surface area (Å²) >= 11 is 0. The summed E-state index contributed by atoms with van der Waals surface area (Å²) in [6.45, 7) is 4.14. The van der Waals surface area contributed by atoms with Crippen molar-refractivity contribution < 1.29 is 19.1 Å². The van der Waals surface area contributed by atoms with Gasteiger partial charge in [-0.15, -0.1) is 0 Å². The second kappa shape index (κ2) is 8.27. The van der Waals surface area contributed by atoms with Gasteiger partial charge in [0.1, 0.15) is 0 Å². The molecule has 0 spiro atoms. The molecule has 0 aromatic heterocycles. The molecule has 7 nitrogen and oxygen atoms in total. The second-order valence-corrected chi connectivity index (χ2v) is 7.45. The number of nitrogens with one attached hydrogen (secondary N) is 1. The standard InChI is InChI=1S/C20H27N3O4/c24-19(22-8-10-26-11-9-22)17-12-16-13-23(14-18(17)27-16)20(25)21-7-6-15-4-2-1-3-5-15/h1-5,16-18H,6-14H2,(H,21,25)/t16-,17+,18-/m1/s1. The van der Waals surface area contributed by atoms with Crippen molar-refractivity contribution in [3.05, 3.63) is 35.9 Å². The van der Waals surface area contributed by atoms with Gasteiger partial charge in [0, 0.05) is 32.7 Å². The fraction of sp³-hybridized carbons (Fsp3) is 0.600. The molecule has 2 bridgehead atoms. The number of likely N-dealkylation sites (tertiary alicyclic amines) is 1. The number of urea groups is 1. The van der Waals surface area contributed by atoms with Gasteiger partial charge in [-0.1, -0.05) is 30.3 Å². The zero-order valence-electron chi connectivity index (χ0n) is 15.5. The topological polar surface area (TPSA) is 71.1 Å². The van der Waals surface area contributed by atoms with E-state index in [2.05, 4.69) is 17.4 Å². The number of nitrogens with zero attached hydrogens (tertiary/aromatic N) is 2. The largest absolute Gasteiger partial charge is 0.378 e. The number of amides is 3. The van der Waals surface area contributed by atoms with E-state index >= 15 is 0 Å². The molecule has 0 aliphatic carbocycles. The van der Waals surface area contributed by atoms with Crippen molar-refractivity contribution in [2.45, 2.75) is 25.0 Å². The normalized spacial score (nSPS) is 27.5. The molecule has 0 unspecified atom stereocenters. The third-order valence-corrected chi connectivity index (χ3v) is 5.62. The quantitative estimate of drug-likeness (QED) is 0.851. The summed E-state index contributed by atoms with van der Waals surface area (Å²) in [5, 5.41) is 3.00. The highest BCUT2D eigenvalue weighted by Crippen LogP contribution is 2.33. The predicted octanol–water partition coefficient (Wildman–Crippen LogP) is 0.887. The highest BCUT2D eigenvalue weighted by molar-refractivity contribution is 5.80. The number of ether oxygens (including phenoxy) is 2. The number of morpholine rings is 2. The molecule has 3 atom stereocenters. The first-order valence-electron chi connectivity index (χ1n) is 9.79. The number of rotatable bonds is 4. The summed E-state index contributed by atoms with van der Waals surface area (Å²) in [5.41, 5.74) is 1.20. The van der Waals surface area contributed by atoms with Gasteiger partial charge in [0.15, 0.2) is 0 Å². The molecule has 27 heavy (non-hydrogen) atoms. The maximum Gasteiger partial charge on any atom is 0.317 e. The summed E-state index contributed by atoms with van der Waals surface area (Å²) < 4.78 is 11.3. The molecule has 1 aromatic carbocycles. The highest BCUT2D eigenvalue weighted by atomic mass is 16.5. The lowest BCUT2D eigenvalue weighted by atomic mass is 9.98. The summed E-state index contributed by atoms with van der Waals surface area (Å²) in [6.07, 6.45) is 1.27. The Morgan fingerprint density at radius 1 is 1.07 bits per heavy atom. The van der Waals surface area contributed by atoms with Crippen molar-refractivity contribution in [2.75, 3.05) is 45.9 Å². The SMILES string of the molecule is O=C(NCCc1ccccc1)N1C[C@H]2C[C@H](C(=O)N3CCOCC3)[C@@H](C1)O2. The van der Waals surface area contributed by atoms with Crippen LogP contribution in [0.15, 0.2) is 30.3 Å². The lowest BCUT2D eigenvalue weighted by molar-refractivity contribution is -0.142. The average Bonchev–Trinajstić information content (AvgIpc) is 3.02. The number of carbonyl (C=O) groups is 2. The molecule has 0 radical (unpaired) electrons. The number of fused-ring (bicyclic) bond motifs is 2. The van der Waals surface area contributed by atoms with Gasteiger partial charge < -0.3 is 24.6 Å². The minimum atomic E-state index is -0.195. The molecule has 1 N–H and O–H groups in total. The molecule has 0 saturated carbocycles. The van der Waals surface area contributed by atoms with Gasteiger partial charge in [0.05, 0.1) is 31.3 Å². The van der Waals surface area contributed by atoms with Gasteiger partial charge in [-0.25, -0.2) is 4.79 Å². The van der Waals surface area contributed by atoms with Crippen LogP contribution in [0.4, 0.5) is 4.79 Å². The van der Waals surface area contributed by atoms with E-state index in [9.17, 15) is 9.59 Å². The minimum absolute atomic E-state index is 0.0430. The van der Waals surface area contributed by atoms with Crippen LogP contribution in [0.2, 0.25) is 0 Å². The average molecular weight is 373 g/mol. The van der Waals surface area contributed by atoms with Crippen LogP contribution in [0.3, 0.4) is 0 Å². The van der Waals surface area contributed by atoms with E-state index in [1.807, 2.05) is 23.1 Å². The maximum atomic E-state index is 12.8. The van der Waals surface area contributed by atoms with E-state index in [0.29, 0.717) is 52.4 Å². The summed E-state index contributed by atoms with van der Waals surface area (Å²) in [7, 11) is 0. The van der Waals surface area contributed by atoms with Crippen LogP contribution in [-0.4, -0.2) is 79.9 Å². The summed E-state index contributed by atoms with van der Waals surface area (Å²) in [4.78, 5) is 29.0. The smallest absolute Gasteiger partial charge is 0.317 e. The summed E-state index contributed by atoms with van der Waals surface area (Å²) in [5.74, 6) is 0.00681. The van der Waals surface area contributed by atoms with Crippen molar-refractivity contribution in [3.63, 3.8) is 0 Å². The van der Waals surface area contributed by atoms with E-state index in [1.165, 1.54) is 5.56 Å². The Morgan fingerprint density at radius 2 is 1.85 bits per heavy atom. The molecule has 1 aromatic rings. The monoisotopic (exact) mass is 373 g/mol. The Labute approximate surface area is 159 Å². The molecule has 3 amide bonds. The van der Waals surface area contributed by atoms with Crippen LogP contribution < -0.4 is 5.32 Å². The van der Waals surface area contributed by atoms with Gasteiger partial charge in [-0.3, -0.25) is 4.79 Å². The molecule has 3 aliphatic rings. The van der Waals surface area contributed by atoms with Crippen molar-refractivity contribution in [3.8, 4) is 0 Å². The third-order valence-electron chi connectivity index (χ3n) is 5.62. The molecule has 146 valence electrons. The zero-order chi connectivity index (χ0) is 18.6. The third kappa shape index (κ3) is 4.25. The molecule has 3 heterocycles. The molecular weight excluding hydrogens is 346 g/mol. The first-order chi connectivity index (χ1) is 13.2. The minimum Gasteiger partial charge on any atom is -0.378 e. The Kier molecular flexibility index (Phi) is 5.59. The Hall–Kier alpha value is -2.12. The fourth-order valence-corrected chi connectivity index (χ4v) is 4.17. The zero-order valence-corrected chi connectivity index (χ0v) is 15.5. The Bertz CT molecular complexity index is 662. The van der Waals surface area contributed by atoms with Gasteiger partial charge in [-0.2, -0.15) is 0 Å². The van der Waals surface area contributed by atoms with Crippen LogP contribution in [0, 0.1) is 5.92 Å². The number of carbonyl (C=O) groups excluding carboxylic acids is 2. The van der Waals surface area contributed by atoms with Crippen LogP contribution in [-0.2, 0) is 20.7 Å². The fourth-order valence-electron chi connectivity index (χ4n) is 4.17. The highest BCUT2D eigenvalue weighted by Gasteiger charge is 2.46. The Morgan fingerprint density at radius 3 is 2.63 bits per heavy atom. The maximum absolute atomic E-state index is 12.8. The van der Waals surface area contributed by atoms with E-state index in [4.69, 9.17) is 9.47 Å². The number of benzene rings is 1. The first-order valence-corrected chi connectivity index (χ1v) is 9.79. The van der Waals surface area contributed by atoms with Crippen molar-refractivity contribution in [1.29, 1.82) is 0 Å². The first kappa shape index (κ1) is 18.3. The van der Waals surface area contributed by atoms with Crippen LogP contribution in [0.5, 0.6) is 0 Å². The van der Waals surface area contributed by atoms with E-state index in [0.717, 1.165) is 6.42 Å². The van der Waals surface area contributed by atoms with Gasteiger partial charge >= 0.3 is 6.03 Å².